The minimum absolute atomic E-state index is 0.156. The molecular weight excluding hydrogens is 238 g/mol. The van der Waals surface area contributed by atoms with Crippen LogP contribution in [0.5, 0.6) is 5.75 Å². The monoisotopic (exact) mass is 263 g/mol. The summed E-state index contributed by atoms with van der Waals surface area (Å²) in [6.07, 6.45) is 4.76. The largest absolute Gasteiger partial charge is 0.427 e. The fourth-order valence-electron chi connectivity index (χ4n) is 1.77. The summed E-state index contributed by atoms with van der Waals surface area (Å²) in [5.41, 5.74) is 1.26. The summed E-state index contributed by atoms with van der Waals surface area (Å²) >= 11 is 0. The van der Waals surface area contributed by atoms with Crippen LogP contribution in [0, 0.1) is 0 Å². The number of benzene rings is 1. The van der Waals surface area contributed by atoms with Crippen LogP contribution in [0.1, 0.15) is 45.1 Å². The maximum atomic E-state index is 11.3. The second kappa shape index (κ2) is 9.56. The molecule has 0 amide bonds. The van der Waals surface area contributed by atoms with Crippen LogP contribution < -0.4 is 10.1 Å². The van der Waals surface area contributed by atoms with E-state index < -0.39 is 0 Å². The van der Waals surface area contributed by atoms with E-state index in [9.17, 15) is 4.79 Å². The van der Waals surface area contributed by atoms with Gasteiger partial charge in [-0.05, 0) is 50.0 Å². The van der Waals surface area contributed by atoms with Gasteiger partial charge in [0.05, 0.1) is 0 Å². The van der Waals surface area contributed by atoms with Gasteiger partial charge in [-0.3, -0.25) is 4.79 Å². The molecule has 3 heteroatoms. The van der Waals surface area contributed by atoms with Gasteiger partial charge in [0.25, 0.3) is 0 Å². The zero-order valence-corrected chi connectivity index (χ0v) is 12.1. The quantitative estimate of drug-likeness (QED) is 0.422. The van der Waals surface area contributed by atoms with Crippen molar-refractivity contribution >= 4 is 5.97 Å². The van der Waals surface area contributed by atoms with Crippen LogP contribution in [-0.4, -0.2) is 19.1 Å². The Morgan fingerprint density at radius 2 is 1.84 bits per heavy atom. The third-order valence-corrected chi connectivity index (χ3v) is 2.91. The van der Waals surface area contributed by atoms with E-state index in [1.54, 1.807) is 0 Å². The fourth-order valence-corrected chi connectivity index (χ4v) is 1.77. The standard InChI is InChI=1S/C16H25NO2/c1-3-5-12-17-13-11-14-7-9-15(10-8-14)19-16(18)6-4-2/h7-10,17H,3-6,11-13H2,1-2H3. The summed E-state index contributed by atoms with van der Waals surface area (Å²) in [6, 6.07) is 7.79. The van der Waals surface area contributed by atoms with Crippen molar-refractivity contribution in [3.05, 3.63) is 29.8 Å². The number of hydrogen-bond acceptors (Lipinski definition) is 3. The van der Waals surface area contributed by atoms with Crippen molar-refractivity contribution in [3.8, 4) is 5.75 Å². The van der Waals surface area contributed by atoms with E-state index in [0.29, 0.717) is 12.2 Å². The number of carbonyl (C=O) groups is 1. The number of nitrogens with one attached hydrogen (secondary N) is 1. The Balaban J connectivity index is 2.29. The van der Waals surface area contributed by atoms with Crippen molar-refractivity contribution in [2.24, 2.45) is 0 Å². The predicted molar refractivity (Wildman–Crippen MR) is 78.5 cm³/mol. The van der Waals surface area contributed by atoms with Crippen LogP contribution in [-0.2, 0) is 11.2 Å². The molecule has 106 valence electrons. The first-order chi connectivity index (χ1) is 9.26. The first kappa shape index (κ1) is 15.7. The van der Waals surface area contributed by atoms with Gasteiger partial charge in [0.2, 0.25) is 0 Å². The Morgan fingerprint density at radius 1 is 1.11 bits per heavy atom. The van der Waals surface area contributed by atoms with Gasteiger partial charge in [-0.2, -0.15) is 0 Å². The predicted octanol–water partition coefficient (Wildman–Crippen LogP) is 3.32. The number of carbonyl (C=O) groups excluding carboxylic acids is 1. The third-order valence-electron chi connectivity index (χ3n) is 2.91. The zero-order chi connectivity index (χ0) is 13.9. The highest BCUT2D eigenvalue weighted by Crippen LogP contribution is 2.13. The number of rotatable bonds is 9. The summed E-state index contributed by atoms with van der Waals surface area (Å²) in [7, 11) is 0. The fraction of sp³-hybridized carbons (Fsp3) is 0.562. The van der Waals surface area contributed by atoms with E-state index in [4.69, 9.17) is 4.74 Å². The molecule has 19 heavy (non-hydrogen) atoms. The minimum atomic E-state index is -0.156. The van der Waals surface area contributed by atoms with Crippen LogP contribution in [0.2, 0.25) is 0 Å². The van der Waals surface area contributed by atoms with E-state index in [1.807, 2.05) is 31.2 Å². The van der Waals surface area contributed by atoms with Gasteiger partial charge in [-0.15, -0.1) is 0 Å². The number of hydrogen-bond donors (Lipinski definition) is 1. The van der Waals surface area contributed by atoms with Crippen molar-refractivity contribution in [1.29, 1.82) is 0 Å². The Labute approximate surface area is 116 Å². The molecule has 1 aromatic carbocycles. The normalized spacial score (nSPS) is 10.4. The Hall–Kier alpha value is -1.35. The van der Waals surface area contributed by atoms with Gasteiger partial charge in [0.1, 0.15) is 5.75 Å². The highest BCUT2D eigenvalue weighted by Gasteiger charge is 2.02. The van der Waals surface area contributed by atoms with Crippen LogP contribution in [0.25, 0.3) is 0 Å². The summed E-state index contributed by atoms with van der Waals surface area (Å²) in [6.45, 7) is 6.24. The molecule has 0 aliphatic rings. The maximum absolute atomic E-state index is 11.3. The highest BCUT2D eigenvalue weighted by atomic mass is 16.5. The van der Waals surface area contributed by atoms with Gasteiger partial charge in [-0.25, -0.2) is 0 Å². The molecule has 0 unspecified atom stereocenters. The molecule has 3 nitrogen and oxygen atoms in total. The van der Waals surface area contributed by atoms with Gasteiger partial charge >= 0.3 is 5.97 Å². The topological polar surface area (TPSA) is 38.3 Å². The van der Waals surface area contributed by atoms with Crippen molar-refractivity contribution in [1.82, 2.24) is 5.32 Å². The Kier molecular flexibility index (Phi) is 7.91. The molecule has 0 fully saturated rings. The molecule has 1 N–H and O–H groups in total. The third kappa shape index (κ3) is 6.97. The van der Waals surface area contributed by atoms with Crippen LogP contribution >= 0.6 is 0 Å². The molecule has 0 aliphatic carbocycles. The molecule has 0 saturated carbocycles. The lowest BCUT2D eigenvalue weighted by Crippen LogP contribution is -2.18. The molecule has 0 radical (unpaired) electrons. The minimum Gasteiger partial charge on any atom is -0.427 e. The lowest BCUT2D eigenvalue weighted by molar-refractivity contribution is -0.134. The summed E-state index contributed by atoms with van der Waals surface area (Å²) in [4.78, 5) is 11.3. The summed E-state index contributed by atoms with van der Waals surface area (Å²) in [5, 5.41) is 3.41. The molecular formula is C16H25NO2. The number of ether oxygens (including phenoxy) is 1. The van der Waals surface area contributed by atoms with Gasteiger partial charge < -0.3 is 10.1 Å². The van der Waals surface area contributed by atoms with Crippen LogP contribution in [0.15, 0.2) is 24.3 Å². The van der Waals surface area contributed by atoms with Crippen molar-refractivity contribution in [2.45, 2.75) is 46.0 Å². The first-order valence-electron chi connectivity index (χ1n) is 7.26. The van der Waals surface area contributed by atoms with Crippen molar-refractivity contribution in [2.75, 3.05) is 13.1 Å². The SMILES string of the molecule is CCCCNCCc1ccc(OC(=O)CCC)cc1. The average Bonchev–Trinajstić information content (AvgIpc) is 2.41. The number of unbranched alkanes of at least 4 members (excludes halogenated alkanes) is 1. The van der Waals surface area contributed by atoms with E-state index in [-0.39, 0.29) is 5.97 Å². The second-order valence-corrected chi connectivity index (χ2v) is 4.72. The summed E-state index contributed by atoms with van der Waals surface area (Å²) < 4.78 is 5.21. The van der Waals surface area contributed by atoms with Crippen molar-refractivity contribution < 1.29 is 9.53 Å². The van der Waals surface area contributed by atoms with E-state index in [2.05, 4.69) is 12.2 Å². The van der Waals surface area contributed by atoms with E-state index >= 15 is 0 Å². The maximum Gasteiger partial charge on any atom is 0.311 e. The average molecular weight is 263 g/mol. The second-order valence-electron chi connectivity index (χ2n) is 4.72. The van der Waals surface area contributed by atoms with E-state index in [0.717, 1.165) is 25.9 Å². The van der Waals surface area contributed by atoms with Gasteiger partial charge in [0.15, 0.2) is 0 Å². The molecule has 1 aromatic rings. The zero-order valence-electron chi connectivity index (χ0n) is 12.1. The molecule has 0 spiro atoms. The first-order valence-corrected chi connectivity index (χ1v) is 7.26. The smallest absolute Gasteiger partial charge is 0.311 e. The molecule has 0 aromatic heterocycles. The highest BCUT2D eigenvalue weighted by molar-refractivity contribution is 5.72. The molecule has 0 aliphatic heterocycles. The molecule has 0 heterocycles. The summed E-state index contributed by atoms with van der Waals surface area (Å²) in [5.74, 6) is 0.484. The van der Waals surface area contributed by atoms with Gasteiger partial charge in [0, 0.05) is 6.42 Å². The van der Waals surface area contributed by atoms with Crippen molar-refractivity contribution in [3.63, 3.8) is 0 Å². The van der Waals surface area contributed by atoms with Crippen LogP contribution in [0.4, 0.5) is 0 Å². The Bertz CT molecular complexity index is 360. The lowest BCUT2D eigenvalue weighted by atomic mass is 10.1. The molecule has 0 saturated heterocycles. The Morgan fingerprint density at radius 3 is 2.47 bits per heavy atom. The van der Waals surface area contributed by atoms with Crippen LogP contribution in [0.3, 0.4) is 0 Å². The molecule has 0 bridgehead atoms. The van der Waals surface area contributed by atoms with Gasteiger partial charge in [-0.1, -0.05) is 32.4 Å². The van der Waals surface area contributed by atoms with E-state index in [1.165, 1.54) is 18.4 Å². The number of esters is 1. The molecule has 0 atom stereocenters. The molecule has 1 rings (SSSR count). The lowest BCUT2D eigenvalue weighted by Gasteiger charge is -2.06.